The SMILES string of the molecule is C=CCOc1c(/C=C2/SC(=S)N(c3cccc4ccccc34)C2=O)cccc1OC. The van der Waals surface area contributed by atoms with Crippen molar-refractivity contribution in [1.29, 1.82) is 0 Å². The van der Waals surface area contributed by atoms with E-state index in [1.807, 2.05) is 60.7 Å². The van der Waals surface area contributed by atoms with E-state index in [2.05, 4.69) is 6.58 Å². The van der Waals surface area contributed by atoms with Crippen LogP contribution in [0, 0.1) is 0 Å². The Kier molecular flexibility index (Phi) is 5.88. The van der Waals surface area contributed by atoms with Crippen molar-refractivity contribution in [2.24, 2.45) is 0 Å². The molecule has 3 aromatic carbocycles. The number of amides is 1. The van der Waals surface area contributed by atoms with Crippen molar-refractivity contribution in [3.63, 3.8) is 0 Å². The minimum absolute atomic E-state index is 0.154. The number of methoxy groups -OCH3 is 1. The first-order valence-electron chi connectivity index (χ1n) is 9.30. The van der Waals surface area contributed by atoms with Crippen LogP contribution in [0.4, 0.5) is 5.69 Å². The third-order valence-electron chi connectivity index (χ3n) is 4.66. The summed E-state index contributed by atoms with van der Waals surface area (Å²) in [7, 11) is 1.58. The maximum absolute atomic E-state index is 13.3. The van der Waals surface area contributed by atoms with E-state index < -0.39 is 0 Å². The smallest absolute Gasteiger partial charge is 0.270 e. The number of rotatable bonds is 6. The van der Waals surface area contributed by atoms with Gasteiger partial charge in [0.15, 0.2) is 15.8 Å². The summed E-state index contributed by atoms with van der Waals surface area (Å²) >= 11 is 6.84. The molecular formula is C24H19NO3S2. The second kappa shape index (κ2) is 8.73. The first-order chi connectivity index (χ1) is 14.6. The highest BCUT2D eigenvalue weighted by Gasteiger charge is 2.34. The molecule has 150 valence electrons. The number of fused-ring (bicyclic) bond motifs is 1. The fraction of sp³-hybridized carbons (Fsp3) is 0.0833. The van der Waals surface area contributed by atoms with Crippen molar-refractivity contribution in [2.45, 2.75) is 0 Å². The first-order valence-corrected chi connectivity index (χ1v) is 10.5. The predicted molar refractivity (Wildman–Crippen MR) is 128 cm³/mol. The Hall–Kier alpha value is -3.09. The van der Waals surface area contributed by atoms with Crippen molar-refractivity contribution >= 4 is 56.7 Å². The van der Waals surface area contributed by atoms with Gasteiger partial charge in [-0.15, -0.1) is 0 Å². The average Bonchev–Trinajstić information content (AvgIpc) is 3.05. The zero-order valence-corrected chi connectivity index (χ0v) is 18.0. The van der Waals surface area contributed by atoms with Gasteiger partial charge in [-0.1, -0.05) is 85.2 Å². The largest absolute Gasteiger partial charge is 0.493 e. The fourth-order valence-electron chi connectivity index (χ4n) is 3.32. The molecule has 1 aliphatic heterocycles. The zero-order chi connectivity index (χ0) is 21.1. The maximum atomic E-state index is 13.3. The Balaban J connectivity index is 1.75. The van der Waals surface area contributed by atoms with Crippen molar-refractivity contribution in [3.8, 4) is 11.5 Å². The second-order valence-electron chi connectivity index (χ2n) is 6.49. The highest BCUT2D eigenvalue weighted by atomic mass is 32.2. The molecule has 1 heterocycles. The van der Waals surface area contributed by atoms with E-state index in [0.717, 1.165) is 22.0 Å². The summed E-state index contributed by atoms with van der Waals surface area (Å²) in [6.45, 7) is 4.02. The molecule has 4 nitrogen and oxygen atoms in total. The number of carbonyl (C=O) groups is 1. The van der Waals surface area contributed by atoms with Crippen LogP contribution in [0.3, 0.4) is 0 Å². The molecule has 1 aliphatic rings. The summed E-state index contributed by atoms with van der Waals surface area (Å²) in [5.41, 5.74) is 1.53. The van der Waals surface area contributed by atoms with Crippen LogP contribution in [0.2, 0.25) is 0 Å². The van der Waals surface area contributed by atoms with E-state index in [0.29, 0.717) is 27.3 Å². The van der Waals surface area contributed by atoms with Gasteiger partial charge in [-0.25, -0.2) is 0 Å². The summed E-state index contributed by atoms with van der Waals surface area (Å²) in [4.78, 5) is 15.4. The van der Waals surface area contributed by atoms with E-state index in [1.165, 1.54) is 11.8 Å². The van der Waals surface area contributed by atoms with Gasteiger partial charge < -0.3 is 9.47 Å². The standard InChI is InChI=1S/C24H19NO3S2/c1-3-14-28-22-17(10-7-13-20(22)27-2)15-21-23(26)25(24(29)30-21)19-12-6-9-16-8-4-5-11-18(16)19/h3-13,15H,1,14H2,2H3/b21-15+. The van der Waals surface area contributed by atoms with Crippen LogP contribution in [-0.2, 0) is 4.79 Å². The molecule has 0 aliphatic carbocycles. The lowest BCUT2D eigenvalue weighted by Crippen LogP contribution is -2.27. The molecule has 0 bridgehead atoms. The molecule has 6 heteroatoms. The molecular weight excluding hydrogens is 414 g/mol. The number of thioether (sulfide) groups is 1. The van der Waals surface area contributed by atoms with Gasteiger partial charge in [0.25, 0.3) is 5.91 Å². The number of hydrogen-bond acceptors (Lipinski definition) is 5. The number of nitrogens with zero attached hydrogens (tertiary/aromatic N) is 1. The number of benzene rings is 3. The molecule has 0 aromatic heterocycles. The van der Waals surface area contributed by atoms with Crippen LogP contribution in [0.15, 0.2) is 78.2 Å². The van der Waals surface area contributed by atoms with E-state index >= 15 is 0 Å². The molecule has 30 heavy (non-hydrogen) atoms. The lowest BCUT2D eigenvalue weighted by Gasteiger charge is -2.17. The number of carbonyl (C=O) groups excluding carboxylic acids is 1. The molecule has 0 atom stereocenters. The highest BCUT2D eigenvalue weighted by molar-refractivity contribution is 8.27. The second-order valence-corrected chi connectivity index (χ2v) is 8.17. The first kappa shape index (κ1) is 20.2. The molecule has 0 N–H and O–H groups in total. The minimum atomic E-state index is -0.154. The maximum Gasteiger partial charge on any atom is 0.270 e. The van der Waals surface area contributed by atoms with Gasteiger partial charge in [-0.3, -0.25) is 9.69 Å². The molecule has 0 saturated carbocycles. The van der Waals surface area contributed by atoms with Gasteiger partial charge in [0.2, 0.25) is 0 Å². The molecule has 3 aromatic rings. The third kappa shape index (κ3) is 3.72. The molecule has 4 rings (SSSR count). The van der Waals surface area contributed by atoms with Gasteiger partial charge in [0.1, 0.15) is 6.61 Å². The molecule has 0 unspecified atom stereocenters. The lowest BCUT2D eigenvalue weighted by atomic mass is 10.1. The van der Waals surface area contributed by atoms with Crippen LogP contribution < -0.4 is 14.4 Å². The number of ether oxygens (including phenoxy) is 2. The Labute approximate surface area is 184 Å². The van der Waals surface area contributed by atoms with Crippen molar-refractivity contribution < 1.29 is 14.3 Å². The monoisotopic (exact) mass is 433 g/mol. The summed E-state index contributed by atoms with van der Waals surface area (Å²) in [5, 5.41) is 2.04. The number of anilines is 1. The third-order valence-corrected chi connectivity index (χ3v) is 5.96. The Bertz CT molecular complexity index is 1180. The quantitative estimate of drug-likeness (QED) is 0.278. The molecule has 1 saturated heterocycles. The van der Waals surface area contributed by atoms with Crippen LogP contribution in [0.1, 0.15) is 5.56 Å². The minimum Gasteiger partial charge on any atom is -0.493 e. The lowest BCUT2D eigenvalue weighted by molar-refractivity contribution is -0.113. The van der Waals surface area contributed by atoms with Crippen molar-refractivity contribution in [3.05, 3.63) is 83.8 Å². The normalized spacial score (nSPS) is 15.1. The van der Waals surface area contributed by atoms with Gasteiger partial charge in [0, 0.05) is 10.9 Å². The predicted octanol–water partition coefficient (Wildman–Crippen LogP) is 5.82. The number of thiocarbonyl (C=S) groups is 1. The Morgan fingerprint density at radius 2 is 1.87 bits per heavy atom. The van der Waals surface area contributed by atoms with Crippen LogP contribution in [-0.4, -0.2) is 23.9 Å². The summed E-state index contributed by atoms with van der Waals surface area (Å²) in [6.07, 6.45) is 3.46. The van der Waals surface area contributed by atoms with Crippen molar-refractivity contribution in [1.82, 2.24) is 0 Å². The van der Waals surface area contributed by atoms with Crippen molar-refractivity contribution in [2.75, 3.05) is 18.6 Å². The highest BCUT2D eigenvalue weighted by Crippen LogP contribution is 2.41. The average molecular weight is 434 g/mol. The van der Waals surface area contributed by atoms with Crippen LogP contribution in [0.5, 0.6) is 11.5 Å². The number of hydrogen-bond donors (Lipinski definition) is 0. The summed E-state index contributed by atoms with van der Waals surface area (Å²) in [6, 6.07) is 19.4. The summed E-state index contributed by atoms with van der Waals surface area (Å²) in [5.74, 6) is 1.00. The molecule has 0 spiro atoms. The van der Waals surface area contributed by atoms with E-state index in [1.54, 1.807) is 24.2 Å². The molecule has 1 amide bonds. The number of para-hydroxylation sites is 1. The van der Waals surface area contributed by atoms with Gasteiger partial charge in [-0.2, -0.15) is 0 Å². The Morgan fingerprint density at radius 3 is 2.67 bits per heavy atom. The summed E-state index contributed by atoms with van der Waals surface area (Å²) < 4.78 is 11.7. The van der Waals surface area contributed by atoms with Crippen LogP contribution in [0.25, 0.3) is 16.8 Å². The van der Waals surface area contributed by atoms with E-state index in [4.69, 9.17) is 21.7 Å². The zero-order valence-electron chi connectivity index (χ0n) is 16.3. The Morgan fingerprint density at radius 1 is 1.10 bits per heavy atom. The fourth-order valence-corrected chi connectivity index (χ4v) is 4.60. The molecule has 0 radical (unpaired) electrons. The topological polar surface area (TPSA) is 38.8 Å². The van der Waals surface area contributed by atoms with E-state index in [-0.39, 0.29) is 5.91 Å². The van der Waals surface area contributed by atoms with E-state index in [9.17, 15) is 4.79 Å². The van der Waals surface area contributed by atoms with Gasteiger partial charge >= 0.3 is 0 Å². The van der Waals surface area contributed by atoms with Gasteiger partial charge in [0.05, 0.1) is 17.7 Å². The molecule has 1 fully saturated rings. The van der Waals surface area contributed by atoms with Gasteiger partial charge in [-0.05, 0) is 23.6 Å². The van der Waals surface area contributed by atoms with Crippen LogP contribution >= 0.6 is 24.0 Å².